The van der Waals surface area contributed by atoms with Gasteiger partial charge in [-0.25, -0.2) is 9.59 Å². The van der Waals surface area contributed by atoms with Gasteiger partial charge in [0.2, 0.25) is 6.29 Å². The summed E-state index contributed by atoms with van der Waals surface area (Å²) in [6, 6.07) is 0. The highest BCUT2D eigenvalue weighted by Gasteiger charge is 2.20. The maximum atomic E-state index is 11.8. The van der Waals surface area contributed by atoms with E-state index in [1.165, 1.54) is 13.8 Å². The van der Waals surface area contributed by atoms with Gasteiger partial charge in [0.15, 0.2) is 0 Å². The van der Waals surface area contributed by atoms with Crippen molar-refractivity contribution in [2.24, 2.45) is 0 Å². The van der Waals surface area contributed by atoms with E-state index in [1.54, 1.807) is 0 Å². The summed E-state index contributed by atoms with van der Waals surface area (Å²) in [7, 11) is 0. The Morgan fingerprint density at radius 3 is 2.00 bits per heavy atom. The number of rotatable bonds is 8. The Kier molecular flexibility index (Phi) is 8.46. The second-order valence-electron chi connectivity index (χ2n) is 4.03. The normalized spacial score (nSPS) is 11.4. The zero-order valence-corrected chi connectivity index (χ0v) is 11.6. The van der Waals surface area contributed by atoms with Crippen LogP contribution in [-0.4, -0.2) is 53.4 Å². The Bertz CT molecular complexity index is 392. The number of esters is 2. The zero-order valence-electron chi connectivity index (χ0n) is 11.6. The lowest BCUT2D eigenvalue weighted by Gasteiger charge is -2.16. The summed E-state index contributed by atoms with van der Waals surface area (Å²) in [4.78, 5) is 23.1. The summed E-state index contributed by atoms with van der Waals surface area (Å²) < 4.78 is 9.62. The van der Waals surface area contributed by atoms with Crippen molar-refractivity contribution in [1.82, 2.24) is 0 Å². The molecule has 0 aliphatic carbocycles. The molecule has 7 nitrogen and oxygen atoms in total. The fourth-order valence-electron chi connectivity index (χ4n) is 1.27. The van der Waals surface area contributed by atoms with Crippen LogP contribution >= 0.6 is 0 Å². The van der Waals surface area contributed by atoms with Crippen LogP contribution in [0.3, 0.4) is 0 Å². The van der Waals surface area contributed by atoms with Gasteiger partial charge < -0.3 is 24.8 Å². The average Bonchev–Trinajstić information content (AvgIpc) is 2.38. The van der Waals surface area contributed by atoms with E-state index in [2.05, 4.69) is 6.58 Å². The van der Waals surface area contributed by atoms with E-state index >= 15 is 0 Å². The standard InChI is InChI=1S/C13H20O7/c1-8(2)12(17)19-9(3)20-13(18)11(4-5-14)10(6-15)7-16/h9,14-16H,1,4-7H2,2-3H3. The van der Waals surface area contributed by atoms with E-state index in [0.29, 0.717) is 0 Å². The first-order valence-electron chi connectivity index (χ1n) is 5.98. The molecule has 1 atom stereocenters. The molecule has 0 aromatic carbocycles. The molecule has 1 unspecified atom stereocenters. The third-order valence-corrected chi connectivity index (χ3v) is 2.31. The van der Waals surface area contributed by atoms with Crippen LogP contribution in [0.1, 0.15) is 20.3 Å². The van der Waals surface area contributed by atoms with Crippen molar-refractivity contribution in [3.8, 4) is 0 Å². The van der Waals surface area contributed by atoms with Gasteiger partial charge in [0.05, 0.1) is 13.2 Å². The first-order chi connectivity index (χ1) is 9.37. The molecular formula is C13H20O7. The summed E-state index contributed by atoms with van der Waals surface area (Å²) in [5, 5.41) is 26.9. The Labute approximate surface area is 117 Å². The fourth-order valence-corrected chi connectivity index (χ4v) is 1.27. The first-order valence-corrected chi connectivity index (χ1v) is 5.98. The first kappa shape index (κ1) is 18.3. The smallest absolute Gasteiger partial charge is 0.337 e. The van der Waals surface area contributed by atoms with Gasteiger partial charge in [-0.05, 0) is 12.5 Å². The number of aliphatic hydroxyl groups excluding tert-OH is 3. The zero-order chi connectivity index (χ0) is 15.7. The third-order valence-electron chi connectivity index (χ3n) is 2.31. The molecule has 0 aromatic rings. The molecule has 0 fully saturated rings. The van der Waals surface area contributed by atoms with Crippen LogP contribution in [0.15, 0.2) is 23.3 Å². The van der Waals surface area contributed by atoms with E-state index in [4.69, 9.17) is 24.8 Å². The SMILES string of the molecule is C=C(C)C(=O)OC(C)OC(=O)C(CCO)=C(CO)CO. The van der Waals surface area contributed by atoms with Crippen molar-refractivity contribution in [2.75, 3.05) is 19.8 Å². The maximum Gasteiger partial charge on any atom is 0.337 e. The lowest BCUT2D eigenvalue weighted by molar-refractivity contribution is -0.179. The van der Waals surface area contributed by atoms with Gasteiger partial charge in [-0.1, -0.05) is 6.58 Å². The minimum absolute atomic E-state index is 0.0440. The van der Waals surface area contributed by atoms with E-state index in [1.807, 2.05) is 0 Å². The molecule has 0 spiro atoms. The van der Waals surface area contributed by atoms with Crippen molar-refractivity contribution < 1.29 is 34.4 Å². The quantitative estimate of drug-likeness (QED) is 0.318. The van der Waals surface area contributed by atoms with Crippen LogP contribution in [0.2, 0.25) is 0 Å². The Morgan fingerprint density at radius 1 is 1.10 bits per heavy atom. The van der Waals surface area contributed by atoms with E-state index in [-0.39, 0.29) is 29.7 Å². The Hall–Kier alpha value is -1.70. The fraction of sp³-hybridized carbons (Fsp3) is 0.538. The predicted molar refractivity (Wildman–Crippen MR) is 69.4 cm³/mol. The highest BCUT2D eigenvalue weighted by atomic mass is 16.7. The average molecular weight is 288 g/mol. The third kappa shape index (κ3) is 5.96. The molecule has 0 aromatic heterocycles. The molecule has 114 valence electrons. The Morgan fingerprint density at radius 2 is 1.60 bits per heavy atom. The van der Waals surface area contributed by atoms with Gasteiger partial charge in [0.25, 0.3) is 0 Å². The number of ether oxygens (including phenoxy) is 2. The molecule has 0 aliphatic rings. The van der Waals surface area contributed by atoms with Crippen molar-refractivity contribution in [1.29, 1.82) is 0 Å². The highest BCUT2D eigenvalue weighted by molar-refractivity contribution is 5.90. The van der Waals surface area contributed by atoms with Crippen LogP contribution in [-0.2, 0) is 19.1 Å². The molecule has 0 saturated heterocycles. The summed E-state index contributed by atoms with van der Waals surface area (Å²) >= 11 is 0. The molecule has 0 rings (SSSR count). The lowest BCUT2D eigenvalue weighted by atomic mass is 10.1. The van der Waals surface area contributed by atoms with Crippen molar-refractivity contribution in [2.45, 2.75) is 26.6 Å². The van der Waals surface area contributed by atoms with Gasteiger partial charge in [-0.2, -0.15) is 0 Å². The predicted octanol–water partition coefficient (Wildman–Crippen LogP) is -0.341. The molecular weight excluding hydrogens is 268 g/mol. The van der Waals surface area contributed by atoms with E-state index in [0.717, 1.165) is 0 Å². The Balaban J connectivity index is 4.81. The van der Waals surface area contributed by atoms with E-state index < -0.39 is 31.4 Å². The second kappa shape index (κ2) is 9.24. The molecule has 0 heterocycles. The topological polar surface area (TPSA) is 113 Å². The van der Waals surface area contributed by atoms with Gasteiger partial charge in [-0.3, -0.25) is 0 Å². The lowest BCUT2D eigenvalue weighted by Crippen LogP contribution is -2.24. The maximum absolute atomic E-state index is 11.8. The number of aliphatic hydroxyl groups is 3. The van der Waals surface area contributed by atoms with Crippen molar-refractivity contribution >= 4 is 11.9 Å². The molecule has 0 amide bonds. The summed E-state index contributed by atoms with van der Waals surface area (Å²) in [5.74, 6) is -1.58. The van der Waals surface area contributed by atoms with Crippen molar-refractivity contribution in [3.63, 3.8) is 0 Å². The minimum atomic E-state index is -1.15. The highest BCUT2D eigenvalue weighted by Crippen LogP contribution is 2.13. The van der Waals surface area contributed by atoms with Crippen LogP contribution in [0.4, 0.5) is 0 Å². The number of hydrogen-bond acceptors (Lipinski definition) is 7. The number of carbonyl (C=O) groups is 2. The van der Waals surface area contributed by atoms with E-state index in [9.17, 15) is 9.59 Å². The van der Waals surface area contributed by atoms with Gasteiger partial charge >= 0.3 is 11.9 Å². The van der Waals surface area contributed by atoms with Gasteiger partial charge in [0, 0.05) is 31.1 Å². The number of carbonyl (C=O) groups excluding carboxylic acids is 2. The second-order valence-corrected chi connectivity index (χ2v) is 4.03. The number of hydrogen-bond donors (Lipinski definition) is 3. The monoisotopic (exact) mass is 288 g/mol. The molecule has 0 saturated carbocycles. The van der Waals surface area contributed by atoms with Crippen molar-refractivity contribution in [3.05, 3.63) is 23.3 Å². The van der Waals surface area contributed by atoms with Gasteiger partial charge in [0.1, 0.15) is 0 Å². The molecule has 3 N–H and O–H groups in total. The molecule has 0 bridgehead atoms. The molecule has 0 aliphatic heterocycles. The van der Waals surface area contributed by atoms with Crippen LogP contribution in [0.25, 0.3) is 0 Å². The largest absolute Gasteiger partial charge is 0.422 e. The molecule has 0 radical (unpaired) electrons. The van der Waals surface area contributed by atoms with Crippen LogP contribution in [0.5, 0.6) is 0 Å². The van der Waals surface area contributed by atoms with Crippen LogP contribution < -0.4 is 0 Å². The van der Waals surface area contributed by atoms with Crippen LogP contribution in [0, 0.1) is 0 Å². The summed E-state index contributed by atoms with van der Waals surface area (Å²) in [6.07, 6.45) is -1.24. The van der Waals surface area contributed by atoms with Gasteiger partial charge in [-0.15, -0.1) is 0 Å². The summed E-state index contributed by atoms with van der Waals surface area (Å²) in [5.41, 5.74) is 0.156. The molecule has 20 heavy (non-hydrogen) atoms. The minimum Gasteiger partial charge on any atom is -0.422 e. The molecule has 7 heteroatoms. The summed E-state index contributed by atoms with van der Waals surface area (Å²) in [6.45, 7) is 4.74.